The molecule has 1 amide bonds. The molecule has 2 aliphatic rings. The maximum absolute atomic E-state index is 11.8. The highest BCUT2D eigenvalue weighted by Crippen LogP contribution is 2.23. The van der Waals surface area contributed by atoms with Crippen molar-refractivity contribution in [3.63, 3.8) is 0 Å². The molecule has 0 aliphatic carbocycles. The lowest BCUT2D eigenvalue weighted by Crippen LogP contribution is -2.38. The van der Waals surface area contributed by atoms with Crippen molar-refractivity contribution in [3.8, 4) is 11.3 Å². The second kappa shape index (κ2) is 8.84. The number of hydrogen-bond acceptors (Lipinski definition) is 5. The summed E-state index contributed by atoms with van der Waals surface area (Å²) in [4.78, 5) is 14.4. The second-order valence-electron chi connectivity index (χ2n) is 7.94. The first kappa shape index (κ1) is 19.1. The molecule has 3 heterocycles. The molecular formula is C21H30N6O. The number of rotatable bonds is 5. The Morgan fingerprint density at radius 2 is 1.93 bits per heavy atom. The van der Waals surface area contributed by atoms with E-state index in [-0.39, 0.29) is 18.0 Å². The van der Waals surface area contributed by atoms with Crippen molar-refractivity contribution in [3.05, 3.63) is 36.0 Å². The van der Waals surface area contributed by atoms with Gasteiger partial charge in [0, 0.05) is 25.7 Å². The summed E-state index contributed by atoms with van der Waals surface area (Å²) in [6, 6.07) is 8.70. The number of amides is 1. The lowest BCUT2D eigenvalue weighted by atomic mass is 10.1. The molecule has 2 aliphatic heterocycles. The fourth-order valence-electron chi connectivity index (χ4n) is 4.21. The molecule has 0 radical (unpaired) electrons. The number of likely N-dealkylation sites (tertiary alicyclic amines) is 1. The van der Waals surface area contributed by atoms with Crippen molar-refractivity contribution in [2.45, 2.75) is 50.7 Å². The fourth-order valence-corrected chi connectivity index (χ4v) is 4.21. The largest absolute Gasteiger partial charge is 0.358 e. The van der Waals surface area contributed by atoms with Gasteiger partial charge in [-0.15, -0.1) is 5.10 Å². The van der Waals surface area contributed by atoms with Crippen molar-refractivity contribution in [2.75, 3.05) is 26.7 Å². The van der Waals surface area contributed by atoms with Crippen LogP contribution in [0.15, 0.2) is 30.5 Å². The number of nitrogens with zero attached hydrogens (tertiary/aromatic N) is 4. The van der Waals surface area contributed by atoms with Gasteiger partial charge in [-0.2, -0.15) is 0 Å². The van der Waals surface area contributed by atoms with E-state index in [0.717, 1.165) is 30.8 Å². The van der Waals surface area contributed by atoms with Crippen LogP contribution in [-0.2, 0) is 11.3 Å². The molecule has 1 aromatic carbocycles. The van der Waals surface area contributed by atoms with E-state index in [2.05, 4.69) is 50.1 Å². The molecule has 0 bridgehead atoms. The molecule has 28 heavy (non-hydrogen) atoms. The summed E-state index contributed by atoms with van der Waals surface area (Å²) in [5, 5.41) is 14.6. The van der Waals surface area contributed by atoms with E-state index in [1.54, 1.807) is 7.05 Å². The van der Waals surface area contributed by atoms with E-state index in [4.69, 9.17) is 0 Å². The van der Waals surface area contributed by atoms with E-state index >= 15 is 0 Å². The number of hydrogen-bond donors (Lipinski definition) is 2. The fraction of sp³-hybridized carbons (Fsp3) is 0.571. The number of likely N-dealkylation sites (N-methyl/N-ethyl adjacent to an activating group) is 1. The van der Waals surface area contributed by atoms with Crippen LogP contribution in [0.4, 0.5) is 0 Å². The molecule has 2 aromatic rings. The van der Waals surface area contributed by atoms with Gasteiger partial charge in [-0.1, -0.05) is 42.3 Å². The van der Waals surface area contributed by atoms with Crippen LogP contribution in [0.25, 0.3) is 11.3 Å². The topological polar surface area (TPSA) is 75.1 Å². The lowest BCUT2D eigenvalue weighted by Gasteiger charge is -2.19. The van der Waals surface area contributed by atoms with Crippen LogP contribution >= 0.6 is 0 Å². The van der Waals surface area contributed by atoms with Crippen LogP contribution < -0.4 is 10.6 Å². The predicted octanol–water partition coefficient (Wildman–Crippen LogP) is 1.97. The van der Waals surface area contributed by atoms with Gasteiger partial charge in [0.15, 0.2) is 0 Å². The molecule has 0 spiro atoms. The zero-order valence-corrected chi connectivity index (χ0v) is 16.6. The van der Waals surface area contributed by atoms with Crippen LogP contribution in [0.5, 0.6) is 0 Å². The standard InChI is InChI=1S/C21H30N6O/c1-22-21(28)19-12-18(13-23-19)27-15-20(24-25-27)17-8-6-16(7-9-17)14-26-10-4-2-3-5-11-26/h6-9,15,18-19,23H,2-5,10-14H2,1H3,(H,22,28)/t18-,19-/m0/s1. The smallest absolute Gasteiger partial charge is 0.236 e. The average molecular weight is 383 g/mol. The molecular weight excluding hydrogens is 352 g/mol. The normalized spacial score (nSPS) is 23.5. The summed E-state index contributed by atoms with van der Waals surface area (Å²) in [6.07, 6.45) is 8.09. The zero-order chi connectivity index (χ0) is 19.3. The van der Waals surface area contributed by atoms with Crippen molar-refractivity contribution in [1.82, 2.24) is 30.5 Å². The third-order valence-corrected chi connectivity index (χ3v) is 5.91. The third-order valence-electron chi connectivity index (χ3n) is 5.91. The molecule has 150 valence electrons. The van der Waals surface area contributed by atoms with E-state index in [9.17, 15) is 4.79 Å². The van der Waals surface area contributed by atoms with Crippen LogP contribution in [0.1, 0.15) is 43.7 Å². The zero-order valence-electron chi connectivity index (χ0n) is 16.6. The summed E-state index contributed by atoms with van der Waals surface area (Å²) in [6.45, 7) is 4.18. The minimum Gasteiger partial charge on any atom is -0.358 e. The van der Waals surface area contributed by atoms with Crippen molar-refractivity contribution >= 4 is 5.91 Å². The maximum Gasteiger partial charge on any atom is 0.236 e. The van der Waals surface area contributed by atoms with E-state index in [1.165, 1.54) is 44.3 Å². The number of carbonyl (C=O) groups excluding carboxylic acids is 1. The van der Waals surface area contributed by atoms with Gasteiger partial charge < -0.3 is 10.6 Å². The summed E-state index contributed by atoms with van der Waals surface area (Å²) in [7, 11) is 1.67. The highest BCUT2D eigenvalue weighted by Gasteiger charge is 2.30. The molecule has 2 N–H and O–H groups in total. The molecule has 7 heteroatoms. The third kappa shape index (κ3) is 4.42. The van der Waals surface area contributed by atoms with Crippen molar-refractivity contribution in [1.29, 1.82) is 0 Å². The summed E-state index contributed by atoms with van der Waals surface area (Å²) < 4.78 is 1.89. The monoisotopic (exact) mass is 382 g/mol. The van der Waals surface area contributed by atoms with Gasteiger partial charge in [0.05, 0.1) is 18.3 Å². The first-order valence-corrected chi connectivity index (χ1v) is 10.4. The van der Waals surface area contributed by atoms with Crippen LogP contribution in [0.2, 0.25) is 0 Å². The molecule has 4 rings (SSSR count). The van der Waals surface area contributed by atoms with Gasteiger partial charge in [-0.3, -0.25) is 9.69 Å². The van der Waals surface area contributed by atoms with Gasteiger partial charge in [0.25, 0.3) is 0 Å². The Balaban J connectivity index is 1.38. The van der Waals surface area contributed by atoms with Crippen LogP contribution in [0.3, 0.4) is 0 Å². The summed E-state index contributed by atoms with van der Waals surface area (Å²) in [5.41, 5.74) is 3.32. The first-order valence-electron chi connectivity index (χ1n) is 10.4. The second-order valence-corrected chi connectivity index (χ2v) is 7.94. The van der Waals surface area contributed by atoms with Crippen molar-refractivity contribution < 1.29 is 4.79 Å². The van der Waals surface area contributed by atoms with Gasteiger partial charge in [0.2, 0.25) is 5.91 Å². The Morgan fingerprint density at radius 1 is 1.18 bits per heavy atom. The molecule has 0 saturated carbocycles. The Hall–Kier alpha value is -2.25. The minimum absolute atomic E-state index is 0.0304. The minimum atomic E-state index is -0.152. The first-order chi connectivity index (χ1) is 13.7. The molecule has 7 nitrogen and oxygen atoms in total. The van der Waals surface area contributed by atoms with E-state index in [1.807, 2.05) is 10.9 Å². The Bertz CT molecular complexity index is 778. The number of nitrogens with one attached hydrogen (secondary N) is 2. The summed E-state index contributed by atoms with van der Waals surface area (Å²) in [5.74, 6) is 0.0304. The van der Waals surface area contributed by atoms with Gasteiger partial charge >= 0.3 is 0 Å². The number of aromatic nitrogens is 3. The summed E-state index contributed by atoms with van der Waals surface area (Å²) >= 11 is 0. The van der Waals surface area contributed by atoms with Gasteiger partial charge in [-0.25, -0.2) is 4.68 Å². The Morgan fingerprint density at radius 3 is 2.64 bits per heavy atom. The highest BCUT2D eigenvalue weighted by atomic mass is 16.2. The van der Waals surface area contributed by atoms with Gasteiger partial charge in [-0.05, 0) is 37.9 Å². The predicted molar refractivity (Wildman–Crippen MR) is 109 cm³/mol. The number of carbonyl (C=O) groups is 1. The SMILES string of the molecule is CNC(=O)[C@@H]1C[C@H](n2cc(-c3ccc(CN4CCCCCC4)cc3)nn2)CN1. The van der Waals surface area contributed by atoms with Crippen molar-refractivity contribution in [2.24, 2.45) is 0 Å². The molecule has 2 saturated heterocycles. The number of benzene rings is 1. The average Bonchev–Trinajstić information content (AvgIpc) is 3.34. The lowest BCUT2D eigenvalue weighted by molar-refractivity contribution is -0.122. The van der Waals surface area contributed by atoms with E-state index in [0.29, 0.717) is 0 Å². The van der Waals surface area contributed by atoms with Crippen LogP contribution in [-0.4, -0.2) is 58.5 Å². The van der Waals surface area contributed by atoms with Crippen LogP contribution in [0, 0.1) is 0 Å². The Labute approximate surface area is 166 Å². The molecule has 2 atom stereocenters. The molecule has 0 unspecified atom stereocenters. The maximum atomic E-state index is 11.8. The molecule has 2 fully saturated rings. The van der Waals surface area contributed by atoms with E-state index < -0.39 is 0 Å². The highest BCUT2D eigenvalue weighted by molar-refractivity contribution is 5.81. The van der Waals surface area contributed by atoms with Gasteiger partial charge in [0.1, 0.15) is 5.69 Å². The quantitative estimate of drug-likeness (QED) is 0.827. The molecule has 1 aromatic heterocycles. The Kier molecular flexibility index (Phi) is 6.02.